The van der Waals surface area contributed by atoms with Crippen LogP contribution in [0.1, 0.15) is 78.6 Å². The molecule has 3 rings (SSSR count). The van der Waals surface area contributed by atoms with Gasteiger partial charge in [0, 0.05) is 51.5 Å². The highest BCUT2D eigenvalue weighted by Gasteiger charge is 2.75. The van der Waals surface area contributed by atoms with Gasteiger partial charge < -0.3 is 58.7 Å². The highest BCUT2D eigenvalue weighted by Crippen LogP contribution is 2.75. The first-order valence-electron chi connectivity index (χ1n) is 20.4. The van der Waals surface area contributed by atoms with Crippen molar-refractivity contribution in [1.29, 1.82) is 0 Å². The fourth-order valence-electron chi connectivity index (χ4n) is 6.84. The van der Waals surface area contributed by atoms with Crippen LogP contribution in [0.3, 0.4) is 0 Å². The number of rotatable bonds is 35. The molecule has 17 nitrogen and oxygen atoms in total. The van der Waals surface area contributed by atoms with E-state index in [1.54, 1.807) is 20.8 Å². The summed E-state index contributed by atoms with van der Waals surface area (Å²) in [5.74, 6) is 5.96. The lowest BCUT2D eigenvalue weighted by atomic mass is 9.41. The predicted octanol–water partition coefficient (Wildman–Crippen LogP) is 2.11. The fourth-order valence-corrected chi connectivity index (χ4v) is 8.44. The number of amides is 4. The van der Waals surface area contributed by atoms with Crippen LogP contribution in [0.2, 0.25) is 0 Å². The minimum atomic E-state index is -3.49. The second-order valence-corrected chi connectivity index (χ2v) is 18.7. The van der Waals surface area contributed by atoms with Crippen molar-refractivity contribution in [2.24, 2.45) is 5.41 Å². The Bertz CT molecular complexity index is 1400. The number of terminal acetylenes is 3. The molecule has 3 saturated carbocycles. The van der Waals surface area contributed by atoms with Crippen LogP contribution in [0.25, 0.3) is 0 Å². The van der Waals surface area contributed by atoms with Crippen molar-refractivity contribution in [3.05, 3.63) is 0 Å². The van der Waals surface area contributed by atoms with Crippen LogP contribution in [0.4, 0.5) is 0 Å². The van der Waals surface area contributed by atoms with Gasteiger partial charge in [0.1, 0.15) is 19.8 Å². The van der Waals surface area contributed by atoms with Gasteiger partial charge in [-0.1, -0.05) is 17.8 Å². The Morgan fingerprint density at radius 1 is 0.600 bits per heavy atom. The molecule has 4 amide bonds. The van der Waals surface area contributed by atoms with Crippen LogP contribution in [-0.2, 0) is 61.2 Å². The molecule has 0 aromatic rings. The van der Waals surface area contributed by atoms with E-state index >= 15 is 0 Å². The standard InChI is InChI=1S/C42H67N4O13P/c1-8-20-53-26-29-56-23-17-43-35(47)11-14-41(15-12-36(48)44-18-24-57-30-27-54-21-9-2,16-13-37(49)45-19-25-58-31-28-55-22-10-3)46-38(50)40-32-42(33-40,34-40)59-60(51,52-7)39(4,5)6/h1-3H,11-34H2,4-7H3,(H,43,47)(H,44,48)(H,45,49)(H,46,50). The first-order valence-corrected chi connectivity index (χ1v) is 21.9. The van der Waals surface area contributed by atoms with Gasteiger partial charge in [-0.05, 0) is 59.3 Å². The van der Waals surface area contributed by atoms with Gasteiger partial charge in [0.15, 0.2) is 0 Å². The van der Waals surface area contributed by atoms with Crippen molar-refractivity contribution in [1.82, 2.24) is 21.3 Å². The molecule has 2 bridgehead atoms. The molecule has 0 spiro atoms. The predicted molar refractivity (Wildman–Crippen MR) is 223 cm³/mol. The van der Waals surface area contributed by atoms with Gasteiger partial charge in [-0.2, -0.15) is 0 Å². The van der Waals surface area contributed by atoms with Crippen LogP contribution in [0, 0.1) is 42.4 Å². The Kier molecular flexibility index (Phi) is 24.0. The third-order valence-corrected chi connectivity index (χ3v) is 12.8. The van der Waals surface area contributed by atoms with E-state index in [0.29, 0.717) is 58.9 Å². The fraction of sp³-hybridized carbons (Fsp3) is 0.762. The highest BCUT2D eigenvalue weighted by atomic mass is 31.2. The van der Waals surface area contributed by atoms with E-state index in [-0.39, 0.29) is 121 Å². The second kappa shape index (κ2) is 27.4. The zero-order chi connectivity index (χ0) is 44.4. The van der Waals surface area contributed by atoms with Gasteiger partial charge in [0.25, 0.3) is 0 Å². The monoisotopic (exact) mass is 866 g/mol. The van der Waals surface area contributed by atoms with Crippen molar-refractivity contribution < 1.29 is 61.2 Å². The minimum absolute atomic E-state index is 0.0113. The Morgan fingerprint density at radius 3 is 1.27 bits per heavy atom. The Hall–Kier alpha value is -3.53. The van der Waals surface area contributed by atoms with Crippen LogP contribution in [0.15, 0.2) is 0 Å². The summed E-state index contributed by atoms with van der Waals surface area (Å²) < 4.78 is 57.1. The molecule has 0 saturated heterocycles. The minimum Gasteiger partial charge on any atom is -0.377 e. The quantitative estimate of drug-likeness (QED) is 0.0410. The molecule has 0 heterocycles. The number of carbonyl (C=O) groups excluding carboxylic acids is 4. The molecule has 60 heavy (non-hydrogen) atoms. The van der Waals surface area contributed by atoms with E-state index in [2.05, 4.69) is 39.0 Å². The van der Waals surface area contributed by atoms with Crippen molar-refractivity contribution in [2.75, 3.05) is 106 Å². The van der Waals surface area contributed by atoms with E-state index in [4.69, 9.17) is 56.7 Å². The number of carbonyl (C=O) groups is 4. The smallest absolute Gasteiger partial charge is 0.336 e. The summed E-state index contributed by atoms with van der Waals surface area (Å²) in [4.78, 5) is 53.7. The van der Waals surface area contributed by atoms with Gasteiger partial charge >= 0.3 is 7.60 Å². The summed E-state index contributed by atoms with van der Waals surface area (Å²) in [5.41, 5.74) is -2.68. The van der Waals surface area contributed by atoms with E-state index in [9.17, 15) is 23.7 Å². The van der Waals surface area contributed by atoms with Crippen molar-refractivity contribution in [3.8, 4) is 37.0 Å². The normalized spacial score (nSPS) is 18.9. The number of ether oxygens (including phenoxy) is 6. The molecule has 18 heteroatoms. The van der Waals surface area contributed by atoms with Gasteiger partial charge in [0.2, 0.25) is 23.6 Å². The third kappa shape index (κ3) is 18.6. The largest absolute Gasteiger partial charge is 0.377 e. The summed E-state index contributed by atoms with van der Waals surface area (Å²) in [7, 11) is -2.14. The van der Waals surface area contributed by atoms with Crippen LogP contribution in [-0.4, -0.2) is 146 Å². The molecular weight excluding hydrogens is 799 g/mol. The van der Waals surface area contributed by atoms with E-state index in [1.807, 2.05) is 0 Å². The number of hydrogen-bond donors (Lipinski definition) is 4. The molecule has 1 unspecified atom stereocenters. The zero-order valence-corrected chi connectivity index (χ0v) is 36.9. The van der Waals surface area contributed by atoms with Crippen molar-refractivity contribution in [3.63, 3.8) is 0 Å². The topological polar surface area (TPSA) is 207 Å². The average molecular weight is 867 g/mol. The van der Waals surface area contributed by atoms with E-state index in [1.165, 1.54) is 7.11 Å². The molecule has 0 aromatic heterocycles. The molecule has 3 fully saturated rings. The van der Waals surface area contributed by atoms with Gasteiger partial charge in [-0.25, -0.2) is 0 Å². The van der Waals surface area contributed by atoms with E-state index in [0.717, 1.165) is 0 Å². The summed E-state index contributed by atoms with van der Waals surface area (Å²) >= 11 is 0. The zero-order valence-electron chi connectivity index (χ0n) is 36.0. The average Bonchev–Trinajstić information content (AvgIpc) is 3.18. The maximum absolute atomic E-state index is 14.2. The molecule has 0 aromatic carbocycles. The Morgan fingerprint density at radius 2 is 0.950 bits per heavy atom. The third-order valence-electron chi connectivity index (χ3n) is 10.1. The van der Waals surface area contributed by atoms with Crippen molar-refractivity contribution in [2.45, 2.75) is 94.9 Å². The lowest BCUT2D eigenvalue weighted by molar-refractivity contribution is -0.240. The molecule has 0 radical (unpaired) electrons. The maximum Gasteiger partial charge on any atom is 0.336 e. The van der Waals surface area contributed by atoms with E-state index < -0.39 is 29.3 Å². The molecule has 4 N–H and O–H groups in total. The first-order chi connectivity index (χ1) is 28.6. The summed E-state index contributed by atoms with van der Waals surface area (Å²) in [6.07, 6.45) is 16.9. The number of hydrogen-bond acceptors (Lipinski definition) is 13. The van der Waals surface area contributed by atoms with Gasteiger partial charge in [0.05, 0.1) is 75.6 Å². The van der Waals surface area contributed by atoms with Crippen LogP contribution >= 0.6 is 7.60 Å². The lowest BCUT2D eigenvalue weighted by Crippen LogP contribution is -2.74. The van der Waals surface area contributed by atoms with Gasteiger partial charge in [-0.3, -0.25) is 23.7 Å². The Balaban J connectivity index is 2.16. The molecule has 3 aliphatic carbocycles. The molecule has 3 aliphatic rings. The van der Waals surface area contributed by atoms with Gasteiger partial charge in [-0.15, -0.1) is 19.3 Å². The molecular formula is C42H67N4O13P. The molecule has 338 valence electrons. The Labute approximate surface area is 356 Å². The van der Waals surface area contributed by atoms with Crippen LogP contribution < -0.4 is 21.3 Å². The lowest BCUT2D eigenvalue weighted by Gasteiger charge is -2.69. The van der Waals surface area contributed by atoms with Crippen LogP contribution in [0.5, 0.6) is 0 Å². The maximum atomic E-state index is 14.2. The summed E-state index contributed by atoms with van der Waals surface area (Å²) in [6, 6.07) is 0. The van der Waals surface area contributed by atoms with Crippen molar-refractivity contribution >= 4 is 31.2 Å². The summed E-state index contributed by atoms with van der Waals surface area (Å²) in [6.45, 7) is 9.22. The number of nitrogens with one attached hydrogen (secondary N) is 4. The summed E-state index contributed by atoms with van der Waals surface area (Å²) in [5, 5.41) is 10.9. The second-order valence-electron chi connectivity index (χ2n) is 15.8. The first kappa shape index (κ1) is 52.6. The highest BCUT2D eigenvalue weighted by molar-refractivity contribution is 7.55. The molecule has 1 atom stereocenters. The molecule has 0 aliphatic heterocycles. The SMILES string of the molecule is C#CCOCCOCCNC(=O)CCC(CCC(=O)NCCOCCOCC#C)(CCC(=O)NCCOCCOCC#C)NC(=O)C12CC(OP(=O)(OC)C(C)(C)C)(C1)C2.